The largest absolute Gasteiger partial charge is 0.435 e. The molecule has 0 bridgehead atoms. The van der Waals surface area contributed by atoms with E-state index in [1.807, 2.05) is 13.8 Å². The number of halogens is 1. The van der Waals surface area contributed by atoms with E-state index in [-0.39, 0.29) is 5.75 Å². The number of fused-ring (bicyclic) bond motifs is 1. The molecule has 0 atom stereocenters. The molecular formula is C15H14FN3OS. The molecule has 0 unspecified atom stereocenters. The number of rotatable bonds is 2. The molecule has 4 nitrogen and oxygen atoms in total. The SMILES string of the molecule is Cc1cc(Oc2ncnc3sc(C)c(C)c23)c(F)cc1N. The zero-order valence-electron chi connectivity index (χ0n) is 11.9. The molecule has 0 aliphatic heterocycles. The Morgan fingerprint density at radius 2 is 1.95 bits per heavy atom. The first kappa shape index (κ1) is 13.8. The highest BCUT2D eigenvalue weighted by atomic mass is 32.1. The Balaban J connectivity index is 2.12. The van der Waals surface area contributed by atoms with Crippen molar-refractivity contribution >= 4 is 27.2 Å². The first-order valence-electron chi connectivity index (χ1n) is 6.41. The van der Waals surface area contributed by atoms with Crippen LogP contribution in [0.4, 0.5) is 10.1 Å². The van der Waals surface area contributed by atoms with Gasteiger partial charge in [0.1, 0.15) is 11.2 Å². The van der Waals surface area contributed by atoms with Gasteiger partial charge in [-0.2, -0.15) is 0 Å². The van der Waals surface area contributed by atoms with E-state index in [1.165, 1.54) is 12.4 Å². The second-order valence-corrected chi connectivity index (χ2v) is 6.09. The molecule has 0 aliphatic carbocycles. The Hall–Kier alpha value is -2.21. The van der Waals surface area contributed by atoms with Crippen molar-refractivity contribution in [3.8, 4) is 11.6 Å². The smallest absolute Gasteiger partial charge is 0.231 e. The second kappa shape index (κ2) is 4.96. The predicted molar refractivity (Wildman–Crippen MR) is 82.5 cm³/mol. The molecule has 0 radical (unpaired) electrons. The van der Waals surface area contributed by atoms with Gasteiger partial charge in [-0.25, -0.2) is 14.4 Å². The van der Waals surface area contributed by atoms with Crippen LogP contribution in [0.1, 0.15) is 16.0 Å². The van der Waals surface area contributed by atoms with Gasteiger partial charge in [-0.15, -0.1) is 11.3 Å². The maximum Gasteiger partial charge on any atom is 0.231 e. The van der Waals surface area contributed by atoms with Crippen molar-refractivity contribution in [2.75, 3.05) is 5.73 Å². The van der Waals surface area contributed by atoms with Crippen LogP contribution in [0.2, 0.25) is 0 Å². The fraction of sp³-hybridized carbons (Fsp3) is 0.200. The normalized spacial score (nSPS) is 11.0. The van der Waals surface area contributed by atoms with Gasteiger partial charge in [0.15, 0.2) is 11.6 Å². The number of aromatic nitrogens is 2. The van der Waals surface area contributed by atoms with E-state index >= 15 is 0 Å². The first-order valence-corrected chi connectivity index (χ1v) is 7.23. The molecule has 0 fully saturated rings. The molecule has 0 aliphatic rings. The number of thiophene rings is 1. The number of anilines is 1. The maximum absolute atomic E-state index is 14.0. The minimum absolute atomic E-state index is 0.116. The van der Waals surface area contributed by atoms with Gasteiger partial charge in [0.05, 0.1) is 5.39 Å². The number of nitrogens with zero attached hydrogens (tertiary/aromatic N) is 2. The summed E-state index contributed by atoms with van der Waals surface area (Å²) in [6.07, 6.45) is 1.43. The third-order valence-corrected chi connectivity index (χ3v) is 4.57. The molecule has 1 aromatic carbocycles. The number of hydrogen-bond donors (Lipinski definition) is 1. The molecule has 0 saturated carbocycles. The van der Waals surface area contributed by atoms with E-state index < -0.39 is 5.82 Å². The van der Waals surface area contributed by atoms with E-state index in [0.29, 0.717) is 11.6 Å². The summed E-state index contributed by atoms with van der Waals surface area (Å²) in [4.78, 5) is 10.4. The maximum atomic E-state index is 14.0. The number of hydrogen-bond acceptors (Lipinski definition) is 5. The van der Waals surface area contributed by atoms with Crippen molar-refractivity contribution in [2.45, 2.75) is 20.8 Å². The molecule has 0 saturated heterocycles. The Labute approximate surface area is 125 Å². The lowest BCUT2D eigenvalue weighted by Gasteiger charge is -2.09. The molecule has 3 rings (SSSR count). The van der Waals surface area contributed by atoms with Crippen molar-refractivity contribution in [1.29, 1.82) is 0 Å². The quantitative estimate of drug-likeness (QED) is 0.723. The summed E-state index contributed by atoms with van der Waals surface area (Å²) in [6.45, 7) is 5.80. The fourth-order valence-electron chi connectivity index (χ4n) is 2.08. The minimum Gasteiger partial charge on any atom is -0.435 e. The average Bonchev–Trinajstić information content (AvgIpc) is 2.72. The summed E-state index contributed by atoms with van der Waals surface area (Å²) in [5, 5.41) is 0.828. The standard InChI is InChI=1S/C15H14FN3OS/c1-7-4-12(10(16)5-11(7)17)20-14-13-8(2)9(3)21-15(13)19-6-18-14/h4-6H,17H2,1-3H3. The number of aryl methyl sites for hydroxylation is 3. The van der Waals surface area contributed by atoms with Crippen LogP contribution in [0.5, 0.6) is 11.6 Å². The van der Waals surface area contributed by atoms with Gasteiger partial charge in [-0.1, -0.05) is 0 Å². The molecule has 21 heavy (non-hydrogen) atoms. The summed E-state index contributed by atoms with van der Waals surface area (Å²) < 4.78 is 19.7. The topological polar surface area (TPSA) is 61.0 Å². The predicted octanol–water partition coefficient (Wildman–Crippen LogP) is 4.13. The van der Waals surface area contributed by atoms with Gasteiger partial charge < -0.3 is 10.5 Å². The highest BCUT2D eigenvalue weighted by Gasteiger charge is 2.15. The number of nitrogens with two attached hydrogens (primary N) is 1. The number of ether oxygens (including phenoxy) is 1. The van der Waals surface area contributed by atoms with Gasteiger partial charge in [-0.05, 0) is 38.0 Å². The van der Waals surface area contributed by atoms with Crippen molar-refractivity contribution in [3.63, 3.8) is 0 Å². The minimum atomic E-state index is -0.505. The van der Waals surface area contributed by atoms with E-state index in [2.05, 4.69) is 9.97 Å². The van der Waals surface area contributed by atoms with Crippen LogP contribution >= 0.6 is 11.3 Å². The van der Waals surface area contributed by atoms with Crippen LogP contribution in [-0.2, 0) is 0 Å². The zero-order chi connectivity index (χ0) is 15.1. The molecular weight excluding hydrogens is 289 g/mol. The van der Waals surface area contributed by atoms with E-state index in [9.17, 15) is 4.39 Å². The number of nitrogen functional groups attached to an aromatic ring is 1. The summed E-state index contributed by atoms with van der Waals surface area (Å²) in [6, 6.07) is 2.84. The second-order valence-electron chi connectivity index (χ2n) is 4.88. The molecule has 108 valence electrons. The Kier molecular flexibility index (Phi) is 3.25. The molecule has 0 spiro atoms. The van der Waals surface area contributed by atoms with Crippen molar-refractivity contribution in [3.05, 3.63) is 40.3 Å². The third kappa shape index (κ3) is 2.31. The summed E-state index contributed by atoms with van der Waals surface area (Å²) in [5.41, 5.74) is 7.89. The lowest BCUT2D eigenvalue weighted by molar-refractivity contribution is 0.431. The van der Waals surface area contributed by atoms with Crippen LogP contribution < -0.4 is 10.5 Å². The van der Waals surface area contributed by atoms with Crippen molar-refractivity contribution < 1.29 is 9.13 Å². The highest BCUT2D eigenvalue weighted by Crippen LogP contribution is 2.36. The van der Waals surface area contributed by atoms with Gasteiger partial charge >= 0.3 is 0 Å². The Bertz CT molecular complexity index is 845. The van der Waals surface area contributed by atoms with Crippen LogP contribution in [0, 0.1) is 26.6 Å². The van der Waals surface area contributed by atoms with Crippen LogP contribution in [0.25, 0.3) is 10.2 Å². The zero-order valence-corrected chi connectivity index (χ0v) is 12.7. The summed E-state index contributed by atoms with van der Waals surface area (Å²) in [5.74, 6) is -0.0238. The molecule has 2 aromatic heterocycles. The lowest BCUT2D eigenvalue weighted by Crippen LogP contribution is -1.96. The molecule has 6 heteroatoms. The monoisotopic (exact) mass is 303 g/mol. The third-order valence-electron chi connectivity index (χ3n) is 3.46. The van der Waals surface area contributed by atoms with Crippen LogP contribution in [0.3, 0.4) is 0 Å². The van der Waals surface area contributed by atoms with Gasteiger partial charge in [0.2, 0.25) is 5.88 Å². The van der Waals surface area contributed by atoms with Crippen molar-refractivity contribution in [2.24, 2.45) is 0 Å². The lowest BCUT2D eigenvalue weighted by atomic mass is 10.2. The molecule has 2 heterocycles. The van der Waals surface area contributed by atoms with Gasteiger partial charge in [0, 0.05) is 16.6 Å². The Morgan fingerprint density at radius 3 is 2.71 bits per heavy atom. The van der Waals surface area contributed by atoms with E-state index in [1.54, 1.807) is 24.3 Å². The van der Waals surface area contributed by atoms with Gasteiger partial charge in [-0.3, -0.25) is 0 Å². The molecule has 0 amide bonds. The highest BCUT2D eigenvalue weighted by molar-refractivity contribution is 7.18. The van der Waals surface area contributed by atoms with E-state index in [4.69, 9.17) is 10.5 Å². The van der Waals surface area contributed by atoms with Crippen LogP contribution in [-0.4, -0.2) is 9.97 Å². The summed E-state index contributed by atoms with van der Waals surface area (Å²) in [7, 11) is 0. The summed E-state index contributed by atoms with van der Waals surface area (Å²) >= 11 is 1.57. The van der Waals surface area contributed by atoms with Gasteiger partial charge in [0.25, 0.3) is 0 Å². The van der Waals surface area contributed by atoms with Crippen molar-refractivity contribution in [1.82, 2.24) is 9.97 Å². The van der Waals surface area contributed by atoms with E-state index in [0.717, 1.165) is 26.2 Å². The Morgan fingerprint density at radius 1 is 1.19 bits per heavy atom. The molecule has 3 aromatic rings. The number of benzene rings is 1. The first-order chi connectivity index (χ1) is 9.97. The molecule has 2 N–H and O–H groups in total. The average molecular weight is 303 g/mol. The van der Waals surface area contributed by atoms with Crippen LogP contribution in [0.15, 0.2) is 18.5 Å². The fourth-order valence-corrected chi connectivity index (χ4v) is 3.07.